The van der Waals surface area contributed by atoms with E-state index in [1.165, 1.54) is 30.4 Å². The van der Waals surface area contributed by atoms with Gasteiger partial charge in [0.25, 0.3) is 0 Å². The number of Topliss-reactive ketones (excluding diaryl/α,β-unsaturated/α-hetero) is 1. The van der Waals surface area contributed by atoms with Gasteiger partial charge in [-0.25, -0.2) is 4.99 Å². The first-order chi connectivity index (χ1) is 10.9. The van der Waals surface area contributed by atoms with Crippen LogP contribution in [0.25, 0.3) is 0 Å². The summed E-state index contributed by atoms with van der Waals surface area (Å²) in [6.45, 7) is 0.635. The number of aromatic nitrogens is 1. The van der Waals surface area contributed by atoms with Gasteiger partial charge in [-0.05, 0) is 31.2 Å². The Labute approximate surface area is 135 Å². The average molecular weight is 342 g/mol. The third-order valence-corrected chi connectivity index (χ3v) is 4.37. The molecule has 1 aromatic heterocycles. The minimum absolute atomic E-state index is 0.0500. The van der Waals surface area contributed by atoms with Crippen molar-refractivity contribution < 1.29 is 23.4 Å². The molecule has 5 nitrogen and oxygen atoms in total. The molecule has 23 heavy (non-hydrogen) atoms. The second-order valence-corrected chi connectivity index (χ2v) is 5.69. The van der Waals surface area contributed by atoms with Crippen LogP contribution in [0.5, 0.6) is 5.75 Å². The Kier molecular flexibility index (Phi) is 5.62. The molecule has 2 rings (SSSR count). The number of thiazole rings is 1. The molecule has 0 saturated carbocycles. The van der Waals surface area contributed by atoms with Crippen LogP contribution in [-0.2, 0) is 6.54 Å². The maximum atomic E-state index is 12.1. The number of halogens is 2. The van der Waals surface area contributed by atoms with Gasteiger partial charge in [0.2, 0.25) is 0 Å². The smallest absolute Gasteiger partial charge is 0.387 e. The summed E-state index contributed by atoms with van der Waals surface area (Å²) in [5, 5.41) is 9.17. The number of aliphatic hydroxyl groups excluding tert-OH is 1. The fraction of sp³-hybridized carbons (Fsp3) is 0.333. The van der Waals surface area contributed by atoms with Gasteiger partial charge in [-0.15, -0.1) is 0 Å². The lowest BCUT2D eigenvalue weighted by molar-refractivity contribution is -0.0498. The van der Waals surface area contributed by atoms with Crippen molar-refractivity contribution in [1.82, 2.24) is 4.57 Å². The molecule has 0 aliphatic heterocycles. The molecule has 0 amide bonds. The number of nitrogens with zero attached hydrogens (tertiary/aromatic N) is 2. The molecule has 124 valence electrons. The molecule has 2 aromatic rings. The highest BCUT2D eigenvalue weighted by atomic mass is 32.1. The average Bonchev–Trinajstić information content (AvgIpc) is 2.78. The molecule has 0 atom stereocenters. The zero-order valence-electron chi connectivity index (χ0n) is 12.6. The van der Waals surface area contributed by atoms with Crippen molar-refractivity contribution in [2.45, 2.75) is 27.0 Å². The Morgan fingerprint density at radius 1 is 1.39 bits per heavy atom. The minimum atomic E-state index is -2.87. The van der Waals surface area contributed by atoms with E-state index in [-0.39, 0.29) is 18.1 Å². The van der Waals surface area contributed by atoms with E-state index >= 15 is 0 Å². The van der Waals surface area contributed by atoms with Crippen LogP contribution in [0, 0.1) is 6.92 Å². The van der Waals surface area contributed by atoms with Gasteiger partial charge < -0.3 is 14.4 Å². The zero-order valence-corrected chi connectivity index (χ0v) is 13.4. The number of alkyl halides is 2. The van der Waals surface area contributed by atoms with Gasteiger partial charge in [0.05, 0.1) is 17.2 Å². The van der Waals surface area contributed by atoms with E-state index in [1.54, 1.807) is 23.6 Å². The van der Waals surface area contributed by atoms with Crippen LogP contribution in [-0.4, -0.2) is 28.7 Å². The van der Waals surface area contributed by atoms with Gasteiger partial charge in [-0.2, -0.15) is 8.78 Å². The van der Waals surface area contributed by atoms with Crippen LogP contribution < -0.4 is 9.54 Å². The molecule has 0 radical (unpaired) electrons. The number of ketones is 1. The molecule has 0 fully saturated rings. The molecular weight excluding hydrogens is 326 g/mol. The molecule has 0 spiro atoms. The molecule has 0 aliphatic rings. The number of carbonyl (C=O) groups is 1. The number of benzene rings is 1. The maximum Gasteiger partial charge on any atom is 0.387 e. The van der Waals surface area contributed by atoms with Gasteiger partial charge in [-0.1, -0.05) is 11.3 Å². The van der Waals surface area contributed by atoms with Crippen molar-refractivity contribution in [3.05, 3.63) is 39.6 Å². The first-order valence-electron chi connectivity index (χ1n) is 6.84. The predicted molar refractivity (Wildman–Crippen MR) is 82.4 cm³/mol. The Bertz CT molecular complexity index is 751. The van der Waals surface area contributed by atoms with Crippen LogP contribution in [0.3, 0.4) is 0 Å². The van der Waals surface area contributed by atoms with E-state index in [2.05, 4.69) is 9.73 Å². The summed E-state index contributed by atoms with van der Waals surface area (Å²) >= 11 is 1.23. The SMILES string of the molecule is CC(=O)c1s/c(=N/c2ccc(OC(F)F)cc2)n(CCO)c1C. The fourth-order valence-corrected chi connectivity index (χ4v) is 3.15. The van der Waals surface area contributed by atoms with Crippen molar-refractivity contribution in [3.63, 3.8) is 0 Å². The second-order valence-electron chi connectivity index (χ2n) is 4.71. The standard InChI is InChI=1S/C15H16F2N2O3S/c1-9-13(10(2)21)23-15(19(9)7-8-20)18-11-3-5-12(6-4-11)22-14(16)17/h3-6,14,20H,7-8H2,1-2H3/b18-15+. The van der Waals surface area contributed by atoms with Crippen LogP contribution in [0.1, 0.15) is 22.3 Å². The molecule has 0 bridgehead atoms. The van der Waals surface area contributed by atoms with Gasteiger partial charge in [0, 0.05) is 19.2 Å². The highest BCUT2D eigenvalue weighted by Gasteiger charge is 2.13. The number of carbonyl (C=O) groups excluding carboxylic acids is 1. The first-order valence-corrected chi connectivity index (χ1v) is 7.65. The summed E-state index contributed by atoms with van der Waals surface area (Å²) < 4.78 is 30.3. The van der Waals surface area contributed by atoms with Gasteiger partial charge in [0.1, 0.15) is 5.75 Å². The zero-order chi connectivity index (χ0) is 17.0. The first kappa shape index (κ1) is 17.3. The number of ether oxygens (including phenoxy) is 1. The molecule has 0 saturated heterocycles. The number of hydrogen-bond acceptors (Lipinski definition) is 5. The van der Waals surface area contributed by atoms with Crippen LogP contribution in [0.15, 0.2) is 29.3 Å². The topological polar surface area (TPSA) is 63.8 Å². The Morgan fingerprint density at radius 2 is 2.04 bits per heavy atom. The summed E-state index contributed by atoms with van der Waals surface area (Å²) in [6.07, 6.45) is 0. The second kappa shape index (κ2) is 7.47. The summed E-state index contributed by atoms with van der Waals surface area (Å²) in [5.74, 6) is -0.0182. The van der Waals surface area contributed by atoms with Gasteiger partial charge in [-0.3, -0.25) is 4.79 Å². The van der Waals surface area contributed by atoms with Crippen molar-refractivity contribution >= 4 is 22.8 Å². The molecule has 8 heteroatoms. The van der Waals surface area contributed by atoms with E-state index in [0.717, 1.165) is 5.69 Å². The monoisotopic (exact) mass is 342 g/mol. The molecule has 1 N–H and O–H groups in total. The summed E-state index contributed by atoms with van der Waals surface area (Å²) in [5.41, 5.74) is 1.28. The van der Waals surface area contributed by atoms with Crippen molar-refractivity contribution in [1.29, 1.82) is 0 Å². The fourth-order valence-electron chi connectivity index (χ4n) is 2.07. The lowest BCUT2D eigenvalue weighted by Crippen LogP contribution is -2.18. The largest absolute Gasteiger partial charge is 0.435 e. The number of aliphatic hydroxyl groups is 1. The van der Waals surface area contributed by atoms with Crippen LogP contribution >= 0.6 is 11.3 Å². The third-order valence-electron chi connectivity index (χ3n) is 3.09. The van der Waals surface area contributed by atoms with E-state index in [1.807, 2.05) is 0 Å². The highest BCUT2D eigenvalue weighted by Crippen LogP contribution is 2.20. The molecule has 1 aromatic carbocycles. The molecule has 1 heterocycles. The van der Waals surface area contributed by atoms with Crippen LogP contribution in [0.2, 0.25) is 0 Å². The van der Waals surface area contributed by atoms with Crippen LogP contribution in [0.4, 0.5) is 14.5 Å². The Hall–Kier alpha value is -2.06. The normalized spacial score (nSPS) is 12.0. The van der Waals surface area contributed by atoms with E-state index < -0.39 is 6.61 Å². The number of hydrogen-bond donors (Lipinski definition) is 1. The molecular formula is C15H16F2N2O3S. The Balaban J connectivity index is 2.41. The van der Waals surface area contributed by atoms with E-state index in [0.29, 0.717) is 21.9 Å². The lowest BCUT2D eigenvalue weighted by Gasteiger charge is -2.05. The van der Waals surface area contributed by atoms with Crippen molar-refractivity contribution in [3.8, 4) is 5.75 Å². The van der Waals surface area contributed by atoms with Gasteiger partial charge >= 0.3 is 6.61 Å². The Morgan fingerprint density at radius 3 is 2.57 bits per heavy atom. The van der Waals surface area contributed by atoms with E-state index in [9.17, 15) is 18.7 Å². The minimum Gasteiger partial charge on any atom is -0.435 e. The van der Waals surface area contributed by atoms with E-state index in [4.69, 9.17) is 0 Å². The van der Waals surface area contributed by atoms with Crippen molar-refractivity contribution in [2.24, 2.45) is 4.99 Å². The molecule has 0 aliphatic carbocycles. The predicted octanol–water partition coefficient (Wildman–Crippen LogP) is 2.89. The highest BCUT2D eigenvalue weighted by molar-refractivity contribution is 7.11. The van der Waals surface area contributed by atoms with Gasteiger partial charge in [0.15, 0.2) is 10.6 Å². The number of rotatable bonds is 6. The summed E-state index contributed by atoms with van der Waals surface area (Å²) in [4.78, 5) is 17.2. The lowest BCUT2D eigenvalue weighted by atomic mass is 10.3. The quantitative estimate of drug-likeness (QED) is 0.821. The third kappa shape index (κ3) is 4.23. The van der Waals surface area contributed by atoms with Crippen molar-refractivity contribution in [2.75, 3.05) is 6.61 Å². The maximum absolute atomic E-state index is 12.1. The molecule has 0 unspecified atom stereocenters. The summed E-state index contributed by atoms with van der Waals surface area (Å²) in [6, 6.07) is 5.88. The summed E-state index contributed by atoms with van der Waals surface area (Å²) in [7, 11) is 0.